The number of carbonyl (C=O) groups is 1. The van der Waals surface area contributed by atoms with Crippen molar-refractivity contribution < 1.29 is 23.1 Å². The van der Waals surface area contributed by atoms with E-state index in [1.165, 1.54) is 17.0 Å². The molecule has 106 valence electrons. The van der Waals surface area contributed by atoms with Gasteiger partial charge in [-0.25, -0.2) is 0 Å². The number of likely N-dealkylation sites (N-methyl/N-ethyl adjacent to an activating group) is 1. The number of hydrogen-bond acceptors (Lipinski definition) is 2. The van der Waals surface area contributed by atoms with Crippen molar-refractivity contribution in [3.63, 3.8) is 0 Å². The maximum atomic E-state index is 12.4. The van der Waals surface area contributed by atoms with Gasteiger partial charge in [-0.15, -0.1) is 0 Å². The maximum absolute atomic E-state index is 12.4. The molecule has 1 amide bonds. The van der Waals surface area contributed by atoms with Crippen LogP contribution in [0.15, 0.2) is 24.3 Å². The summed E-state index contributed by atoms with van der Waals surface area (Å²) >= 11 is 0. The molecule has 3 nitrogen and oxygen atoms in total. The van der Waals surface area contributed by atoms with Gasteiger partial charge in [-0.1, -0.05) is 12.1 Å². The number of aliphatic hydroxyl groups is 1. The number of carbonyl (C=O) groups excluding carboxylic acids is 1. The fourth-order valence-electron chi connectivity index (χ4n) is 1.68. The lowest BCUT2D eigenvalue weighted by Crippen LogP contribution is -2.34. The lowest BCUT2D eigenvalue weighted by Gasteiger charge is -2.19. The topological polar surface area (TPSA) is 40.5 Å². The van der Waals surface area contributed by atoms with E-state index in [0.29, 0.717) is 12.1 Å². The lowest BCUT2D eigenvalue weighted by atomic mass is 10.1. The number of nitrogens with zero attached hydrogens (tertiary/aromatic N) is 1. The third-order valence-corrected chi connectivity index (χ3v) is 2.74. The molecule has 19 heavy (non-hydrogen) atoms. The highest BCUT2D eigenvalue weighted by Crippen LogP contribution is 2.29. The molecule has 0 aliphatic carbocycles. The van der Waals surface area contributed by atoms with E-state index < -0.39 is 11.7 Å². The Kier molecular flexibility index (Phi) is 5.35. The highest BCUT2D eigenvalue weighted by atomic mass is 19.4. The first-order valence-electron chi connectivity index (χ1n) is 5.93. The van der Waals surface area contributed by atoms with Gasteiger partial charge in [-0.05, 0) is 24.6 Å². The Hall–Kier alpha value is -1.56. The molecule has 0 spiro atoms. The van der Waals surface area contributed by atoms with Crippen molar-refractivity contribution in [1.29, 1.82) is 0 Å². The predicted molar refractivity (Wildman–Crippen MR) is 64.5 cm³/mol. The predicted octanol–water partition coefficient (Wildman–Crippen LogP) is 2.09. The smallest absolute Gasteiger partial charge is 0.395 e. The first-order chi connectivity index (χ1) is 8.88. The standard InChI is InChI=1S/C13H16F3NO2/c1-2-17(7-8-18)12(19)9-10-3-5-11(6-4-10)13(14,15)16/h3-6,18H,2,7-9H2,1H3. The summed E-state index contributed by atoms with van der Waals surface area (Å²) in [5.41, 5.74) is -0.208. The van der Waals surface area contributed by atoms with Crippen LogP contribution in [0, 0.1) is 0 Å². The molecule has 0 bridgehead atoms. The molecule has 0 aliphatic heterocycles. The molecule has 0 atom stereocenters. The van der Waals surface area contributed by atoms with Crippen LogP contribution < -0.4 is 0 Å². The highest BCUT2D eigenvalue weighted by molar-refractivity contribution is 5.78. The number of halogens is 3. The second kappa shape index (κ2) is 6.56. The number of rotatable bonds is 5. The molecule has 0 radical (unpaired) electrons. The number of benzene rings is 1. The Morgan fingerprint density at radius 3 is 2.26 bits per heavy atom. The fraction of sp³-hybridized carbons (Fsp3) is 0.462. The van der Waals surface area contributed by atoms with Gasteiger partial charge in [-0.3, -0.25) is 4.79 Å². The average molecular weight is 275 g/mol. The molecule has 0 aromatic heterocycles. The van der Waals surface area contributed by atoms with Crippen LogP contribution in [0.1, 0.15) is 18.1 Å². The minimum absolute atomic E-state index is 0.0337. The summed E-state index contributed by atoms with van der Waals surface area (Å²) in [5, 5.41) is 8.79. The van der Waals surface area contributed by atoms with Gasteiger partial charge in [0.05, 0.1) is 18.6 Å². The normalized spacial score (nSPS) is 11.4. The van der Waals surface area contributed by atoms with E-state index in [1.807, 2.05) is 0 Å². The maximum Gasteiger partial charge on any atom is 0.416 e. The van der Waals surface area contributed by atoms with Gasteiger partial charge in [0.1, 0.15) is 0 Å². The number of aliphatic hydroxyl groups excluding tert-OH is 1. The molecule has 1 rings (SSSR count). The second-order valence-electron chi connectivity index (χ2n) is 4.07. The van der Waals surface area contributed by atoms with Gasteiger partial charge in [0, 0.05) is 13.1 Å². The molecule has 1 aromatic rings. The van der Waals surface area contributed by atoms with Crippen LogP contribution in [0.2, 0.25) is 0 Å². The molecule has 1 aromatic carbocycles. The summed E-state index contributed by atoms with van der Waals surface area (Å²) in [6, 6.07) is 4.52. The van der Waals surface area contributed by atoms with Crippen molar-refractivity contribution in [1.82, 2.24) is 4.90 Å². The van der Waals surface area contributed by atoms with Gasteiger partial charge >= 0.3 is 6.18 Å². The first kappa shape index (κ1) is 15.5. The van der Waals surface area contributed by atoms with Crippen molar-refractivity contribution in [3.05, 3.63) is 35.4 Å². The lowest BCUT2D eigenvalue weighted by molar-refractivity contribution is -0.137. The Balaban J connectivity index is 2.70. The molecule has 6 heteroatoms. The van der Waals surface area contributed by atoms with Crippen molar-refractivity contribution in [2.75, 3.05) is 19.7 Å². The zero-order valence-electron chi connectivity index (χ0n) is 10.6. The quantitative estimate of drug-likeness (QED) is 0.894. The van der Waals surface area contributed by atoms with E-state index in [0.717, 1.165) is 12.1 Å². The van der Waals surface area contributed by atoms with Gasteiger partial charge in [-0.2, -0.15) is 13.2 Å². The minimum atomic E-state index is -4.37. The van der Waals surface area contributed by atoms with Crippen molar-refractivity contribution >= 4 is 5.91 Å². The van der Waals surface area contributed by atoms with Gasteiger partial charge < -0.3 is 10.0 Å². The Bertz CT molecular complexity index is 415. The SMILES string of the molecule is CCN(CCO)C(=O)Cc1ccc(C(F)(F)F)cc1. The average Bonchev–Trinajstić information content (AvgIpc) is 2.35. The number of alkyl halides is 3. The molecule has 0 fully saturated rings. The molecule has 0 saturated carbocycles. The van der Waals surface area contributed by atoms with Gasteiger partial charge in [0.15, 0.2) is 0 Å². The van der Waals surface area contributed by atoms with Crippen LogP contribution in [-0.2, 0) is 17.4 Å². The minimum Gasteiger partial charge on any atom is -0.395 e. The Labute approximate surface area is 109 Å². The summed E-state index contributed by atoms with van der Waals surface area (Å²) in [5.74, 6) is -0.212. The zero-order chi connectivity index (χ0) is 14.5. The summed E-state index contributed by atoms with van der Waals surface area (Å²) in [7, 11) is 0. The van der Waals surface area contributed by atoms with E-state index in [1.54, 1.807) is 6.92 Å². The van der Waals surface area contributed by atoms with E-state index in [4.69, 9.17) is 5.11 Å². The fourth-order valence-corrected chi connectivity index (χ4v) is 1.68. The van der Waals surface area contributed by atoms with Crippen LogP contribution in [0.4, 0.5) is 13.2 Å². The summed E-state index contributed by atoms with van der Waals surface area (Å²) in [6.07, 6.45) is -4.33. The van der Waals surface area contributed by atoms with Crippen LogP contribution in [0.3, 0.4) is 0 Å². The molecule has 1 N–H and O–H groups in total. The van der Waals surface area contributed by atoms with Crippen LogP contribution in [0.5, 0.6) is 0 Å². The largest absolute Gasteiger partial charge is 0.416 e. The molecule has 0 aliphatic rings. The summed E-state index contributed by atoms with van der Waals surface area (Å²) in [6.45, 7) is 2.34. The summed E-state index contributed by atoms with van der Waals surface area (Å²) in [4.78, 5) is 13.3. The highest BCUT2D eigenvalue weighted by Gasteiger charge is 2.30. The van der Waals surface area contributed by atoms with E-state index in [2.05, 4.69) is 0 Å². The third-order valence-electron chi connectivity index (χ3n) is 2.74. The van der Waals surface area contributed by atoms with Crippen LogP contribution in [0.25, 0.3) is 0 Å². The van der Waals surface area contributed by atoms with Gasteiger partial charge in [0.25, 0.3) is 0 Å². The number of amides is 1. The van der Waals surface area contributed by atoms with Crippen molar-refractivity contribution in [2.24, 2.45) is 0 Å². The second-order valence-corrected chi connectivity index (χ2v) is 4.07. The summed E-state index contributed by atoms with van der Waals surface area (Å²) < 4.78 is 37.1. The number of hydrogen-bond donors (Lipinski definition) is 1. The molecular formula is C13H16F3NO2. The monoisotopic (exact) mass is 275 g/mol. The molecule has 0 saturated heterocycles. The molecule has 0 unspecified atom stereocenters. The van der Waals surface area contributed by atoms with Crippen molar-refractivity contribution in [3.8, 4) is 0 Å². The molecule has 0 heterocycles. The van der Waals surface area contributed by atoms with Crippen LogP contribution in [-0.4, -0.2) is 35.6 Å². The van der Waals surface area contributed by atoms with Crippen molar-refractivity contribution in [2.45, 2.75) is 19.5 Å². The Morgan fingerprint density at radius 2 is 1.84 bits per heavy atom. The van der Waals surface area contributed by atoms with E-state index >= 15 is 0 Å². The van der Waals surface area contributed by atoms with Crippen LogP contribution >= 0.6 is 0 Å². The third kappa shape index (κ3) is 4.55. The first-order valence-corrected chi connectivity index (χ1v) is 5.93. The van der Waals surface area contributed by atoms with E-state index in [9.17, 15) is 18.0 Å². The Morgan fingerprint density at radius 1 is 1.26 bits per heavy atom. The zero-order valence-corrected chi connectivity index (χ0v) is 10.6. The molecular weight excluding hydrogens is 259 g/mol. The van der Waals surface area contributed by atoms with Gasteiger partial charge in [0.2, 0.25) is 5.91 Å². The van der Waals surface area contributed by atoms with E-state index in [-0.39, 0.29) is 25.5 Å².